The van der Waals surface area contributed by atoms with E-state index in [1.54, 1.807) is 14.2 Å². The molecular weight excluding hydrogens is 264 g/mol. The fraction of sp³-hybridized carbons (Fsp3) is 0.647. The van der Waals surface area contributed by atoms with E-state index in [4.69, 9.17) is 9.47 Å². The monoisotopic (exact) mass is 290 g/mol. The van der Waals surface area contributed by atoms with E-state index in [0.29, 0.717) is 6.04 Å². The number of ether oxygens (including phenoxy) is 2. The van der Waals surface area contributed by atoms with Crippen molar-refractivity contribution in [3.8, 4) is 11.5 Å². The standard InChI is InChI=1S/C17H26N2O2/c1-18-15(12-4-5-12)11-19-7-6-13-8-16(20-2)17(21-3)9-14(13)10-19/h8-9,12,15,18H,4-7,10-11H2,1-3H3. The van der Waals surface area contributed by atoms with Crippen LogP contribution in [0.15, 0.2) is 12.1 Å². The maximum Gasteiger partial charge on any atom is 0.161 e. The molecule has 0 amide bonds. The van der Waals surface area contributed by atoms with Gasteiger partial charge in [-0.2, -0.15) is 0 Å². The van der Waals surface area contributed by atoms with E-state index in [1.807, 2.05) is 0 Å². The second-order valence-corrected chi connectivity index (χ2v) is 6.19. The fourth-order valence-electron chi connectivity index (χ4n) is 3.35. The van der Waals surface area contributed by atoms with E-state index in [9.17, 15) is 0 Å². The summed E-state index contributed by atoms with van der Waals surface area (Å²) in [6, 6.07) is 4.93. The number of methoxy groups -OCH3 is 2. The summed E-state index contributed by atoms with van der Waals surface area (Å²) in [5, 5.41) is 3.49. The molecule has 0 saturated heterocycles. The molecular formula is C17H26N2O2. The molecule has 1 N–H and O–H groups in total. The van der Waals surface area contributed by atoms with Gasteiger partial charge in [-0.15, -0.1) is 0 Å². The second-order valence-electron chi connectivity index (χ2n) is 6.19. The van der Waals surface area contributed by atoms with Crippen molar-refractivity contribution in [1.82, 2.24) is 10.2 Å². The van der Waals surface area contributed by atoms with Gasteiger partial charge in [-0.1, -0.05) is 0 Å². The van der Waals surface area contributed by atoms with Crippen LogP contribution >= 0.6 is 0 Å². The summed E-state index contributed by atoms with van der Waals surface area (Å²) in [7, 11) is 5.50. The summed E-state index contributed by atoms with van der Waals surface area (Å²) in [6.07, 6.45) is 3.87. The zero-order valence-electron chi connectivity index (χ0n) is 13.3. The van der Waals surface area contributed by atoms with Gasteiger partial charge < -0.3 is 14.8 Å². The summed E-state index contributed by atoms with van der Waals surface area (Å²) >= 11 is 0. The quantitative estimate of drug-likeness (QED) is 0.869. The molecule has 0 spiro atoms. The van der Waals surface area contributed by atoms with Crippen molar-refractivity contribution in [2.75, 3.05) is 34.4 Å². The predicted molar refractivity (Wildman–Crippen MR) is 84.1 cm³/mol. The van der Waals surface area contributed by atoms with E-state index >= 15 is 0 Å². The van der Waals surface area contributed by atoms with Crippen molar-refractivity contribution >= 4 is 0 Å². The maximum atomic E-state index is 5.43. The van der Waals surface area contributed by atoms with Crippen LogP contribution in [0.5, 0.6) is 11.5 Å². The van der Waals surface area contributed by atoms with Crippen molar-refractivity contribution in [2.24, 2.45) is 5.92 Å². The maximum absolute atomic E-state index is 5.43. The number of hydrogen-bond acceptors (Lipinski definition) is 4. The minimum atomic E-state index is 0.645. The lowest BCUT2D eigenvalue weighted by molar-refractivity contribution is 0.218. The molecule has 1 heterocycles. The van der Waals surface area contributed by atoms with Crippen molar-refractivity contribution < 1.29 is 9.47 Å². The SMILES string of the molecule is CNC(CN1CCc2cc(OC)c(OC)cc2C1)C1CC1. The first-order valence-electron chi connectivity index (χ1n) is 7.88. The third-order valence-corrected chi connectivity index (χ3v) is 4.81. The van der Waals surface area contributed by atoms with E-state index < -0.39 is 0 Å². The molecule has 21 heavy (non-hydrogen) atoms. The largest absolute Gasteiger partial charge is 0.493 e. The Morgan fingerprint density at radius 1 is 1.19 bits per heavy atom. The first kappa shape index (κ1) is 14.7. The Hall–Kier alpha value is -1.26. The minimum Gasteiger partial charge on any atom is -0.493 e. The molecule has 1 atom stereocenters. The highest BCUT2D eigenvalue weighted by molar-refractivity contribution is 5.48. The Labute approximate surface area is 127 Å². The molecule has 116 valence electrons. The van der Waals surface area contributed by atoms with Crippen molar-refractivity contribution in [2.45, 2.75) is 31.8 Å². The van der Waals surface area contributed by atoms with Crippen LogP contribution in [-0.4, -0.2) is 45.3 Å². The van der Waals surface area contributed by atoms with Crippen LogP contribution in [0.3, 0.4) is 0 Å². The van der Waals surface area contributed by atoms with Crippen LogP contribution in [0.2, 0.25) is 0 Å². The van der Waals surface area contributed by atoms with Crippen molar-refractivity contribution in [3.05, 3.63) is 23.3 Å². The van der Waals surface area contributed by atoms with Crippen LogP contribution < -0.4 is 14.8 Å². The van der Waals surface area contributed by atoms with E-state index in [-0.39, 0.29) is 0 Å². The zero-order valence-corrected chi connectivity index (χ0v) is 13.3. The number of nitrogens with one attached hydrogen (secondary N) is 1. The molecule has 2 aliphatic rings. The summed E-state index contributed by atoms with van der Waals surface area (Å²) in [4.78, 5) is 2.56. The van der Waals surface area contributed by atoms with Gasteiger partial charge in [0.25, 0.3) is 0 Å². The summed E-state index contributed by atoms with van der Waals surface area (Å²) in [5.41, 5.74) is 2.78. The van der Waals surface area contributed by atoms with E-state index in [1.165, 1.54) is 24.0 Å². The lowest BCUT2D eigenvalue weighted by Crippen LogP contribution is -2.42. The third-order valence-electron chi connectivity index (χ3n) is 4.81. The van der Waals surface area contributed by atoms with Crippen molar-refractivity contribution in [3.63, 3.8) is 0 Å². The van der Waals surface area contributed by atoms with Crippen LogP contribution in [0.25, 0.3) is 0 Å². The minimum absolute atomic E-state index is 0.645. The number of hydrogen-bond donors (Lipinski definition) is 1. The molecule has 0 aromatic heterocycles. The highest BCUT2D eigenvalue weighted by Crippen LogP contribution is 2.35. The first-order chi connectivity index (χ1) is 10.2. The van der Waals surface area contributed by atoms with Crippen LogP contribution in [0, 0.1) is 5.92 Å². The van der Waals surface area contributed by atoms with Gasteiger partial charge in [0.1, 0.15) is 0 Å². The Kier molecular flexibility index (Phi) is 4.36. The lowest BCUT2D eigenvalue weighted by atomic mass is 9.98. The molecule has 1 aromatic carbocycles. The Morgan fingerprint density at radius 3 is 2.43 bits per heavy atom. The molecule has 1 aliphatic heterocycles. The van der Waals surface area contributed by atoms with Crippen LogP contribution in [0.1, 0.15) is 24.0 Å². The topological polar surface area (TPSA) is 33.7 Å². The lowest BCUT2D eigenvalue weighted by Gasteiger charge is -2.32. The molecule has 4 nitrogen and oxygen atoms in total. The molecule has 1 aliphatic carbocycles. The Bertz CT molecular complexity index is 500. The smallest absolute Gasteiger partial charge is 0.161 e. The van der Waals surface area contributed by atoms with Gasteiger partial charge in [0.05, 0.1) is 14.2 Å². The summed E-state index contributed by atoms with van der Waals surface area (Å²) in [5.74, 6) is 2.57. The highest BCUT2D eigenvalue weighted by Gasteiger charge is 2.32. The number of fused-ring (bicyclic) bond motifs is 1. The van der Waals surface area contributed by atoms with Crippen LogP contribution in [0.4, 0.5) is 0 Å². The second kappa shape index (κ2) is 6.24. The summed E-state index contributed by atoms with van der Waals surface area (Å²) in [6.45, 7) is 3.29. The number of nitrogens with zero attached hydrogens (tertiary/aromatic N) is 1. The molecule has 0 bridgehead atoms. The molecule has 0 radical (unpaired) electrons. The van der Waals surface area contributed by atoms with Crippen LogP contribution in [-0.2, 0) is 13.0 Å². The normalized spacial score (nSPS) is 20.0. The number of likely N-dealkylation sites (N-methyl/N-ethyl adjacent to an activating group) is 1. The van der Waals surface area contributed by atoms with Gasteiger partial charge in [0.2, 0.25) is 0 Å². The third kappa shape index (κ3) is 3.16. The Morgan fingerprint density at radius 2 is 1.86 bits per heavy atom. The molecule has 1 saturated carbocycles. The summed E-state index contributed by atoms with van der Waals surface area (Å²) < 4.78 is 10.8. The highest BCUT2D eigenvalue weighted by atomic mass is 16.5. The van der Waals surface area contributed by atoms with Gasteiger partial charge in [-0.25, -0.2) is 0 Å². The fourth-order valence-corrected chi connectivity index (χ4v) is 3.35. The molecule has 1 unspecified atom stereocenters. The molecule has 1 aromatic rings. The average Bonchev–Trinajstić information content (AvgIpc) is 3.35. The van der Waals surface area contributed by atoms with Gasteiger partial charge >= 0.3 is 0 Å². The average molecular weight is 290 g/mol. The van der Waals surface area contributed by atoms with E-state index in [0.717, 1.165) is 43.5 Å². The molecule has 4 heteroatoms. The predicted octanol–water partition coefficient (Wildman–Crippen LogP) is 2.06. The number of rotatable bonds is 6. The van der Waals surface area contributed by atoms with Gasteiger partial charge in [0, 0.05) is 25.7 Å². The molecule has 1 fully saturated rings. The number of benzene rings is 1. The zero-order chi connectivity index (χ0) is 14.8. The first-order valence-corrected chi connectivity index (χ1v) is 7.88. The van der Waals surface area contributed by atoms with Gasteiger partial charge in [-0.3, -0.25) is 4.90 Å². The Balaban J connectivity index is 1.72. The van der Waals surface area contributed by atoms with Crippen molar-refractivity contribution in [1.29, 1.82) is 0 Å². The molecule has 3 rings (SSSR count). The van der Waals surface area contributed by atoms with Gasteiger partial charge in [0.15, 0.2) is 11.5 Å². The van der Waals surface area contributed by atoms with E-state index in [2.05, 4.69) is 29.4 Å². The van der Waals surface area contributed by atoms with Gasteiger partial charge in [-0.05, 0) is 55.5 Å².